The highest BCUT2D eigenvalue weighted by molar-refractivity contribution is 7.89. The van der Waals surface area contributed by atoms with E-state index >= 15 is 0 Å². The number of hydrogen-bond donors (Lipinski definition) is 0. The van der Waals surface area contributed by atoms with Gasteiger partial charge in [-0.05, 0) is 38.1 Å². The van der Waals surface area contributed by atoms with Crippen LogP contribution in [0.15, 0.2) is 66.2 Å². The van der Waals surface area contributed by atoms with Gasteiger partial charge in [-0.2, -0.15) is 0 Å². The summed E-state index contributed by atoms with van der Waals surface area (Å²) >= 11 is 0. The number of nitrogens with zero attached hydrogens (tertiary/aromatic N) is 4. The molecule has 3 aromatic rings. The summed E-state index contributed by atoms with van der Waals surface area (Å²) in [6.07, 6.45) is 6.30. The summed E-state index contributed by atoms with van der Waals surface area (Å²) in [6.45, 7) is 3.52. The van der Waals surface area contributed by atoms with Crippen LogP contribution in [0.25, 0.3) is 5.82 Å². The summed E-state index contributed by atoms with van der Waals surface area (Å²) in [6, 6.07) is 9.60. The van der Waals surface area contributed by atoms with Gasteiger partial charge in [-0.3, -0.25) is 9.36 Å². The summed E-state index contributed by atoms with van der Waals surface area (Å²) in [7, 11) is -3.93. The molecule has 0 radical (unpaired) electrons. The Bertz CT molecular complexity index is 996. The molecule has 1 amide bonds. The molecular weight excluding hydrogens is 352 g/mol. The van der Waals surface area contributed by atoms with E-state index in [1.54, 1.807) is 54.5 Å². The van der Waals surface area contributed by atoms with E-state index in [9.17, 15) is 13.2 Å². The number of imidazole rings is 1. The Labute approximate surface area is 152 Å². The van der Waals surface area contributed by atoms with Crippen molar-refractivity contribution in [2.45, 2.75) is 18.7 Å². The van der Waals surface area contributed by atoms with Crippen molar-refractivity contribution >= 4 is 15.9 Å². The van der Waals surface area contributed by atoms with Gasteiger partial charge in [0.15, 0.2) is 0 Å². The Morgan fingerprint density at radius 2 is 1.88 bits per heavy atom. The Balaban J connectivity index is 1.90. The van der Waals surface area contributed by atoms with Gasteiger partial charge < -0.3 is 0 Å². The average Bonchev–Trinajstić information content (AvgIpc) is 3.17. The molecule has 0 spiro atoms. The number of amides is 1. The maximum absolute atomic E-state index is 12.8. The van der Waals surface area contributed by atoms with E-state index in [2.05, 4.69) is 9.97 Å². The predicted molar refractivity (Wildman–Crippen MR) is 96.4 cm³/mol. The smallest absolute Gasteiger partial charge is 0.269 e. The van der Waals surface area contributed by atoms with Crippen molar-refractivity contribution in [3.05, 3.63) is 72.4 Å². The van der Waals surface area contributed by atoms with E-state index < -0.39 is 15.9 Å². The zero-order valence-electron chi connectivity index (χ0n) is 14.4. The number of aromatic nitrogens is 3. The summed E-state index contributed by atoms with van der Waals surface area (Å²) in [5.41, 5.74) is 1.14. The molecule has 0 saturated heterocycles. The highest BCUT2D eigenvalue weighted by atomic mass is 32.2. The number of benzene rings is 1. The molecule has 2 aromatic heterocycles. The molecule has 0 saturated carbocycles. The molecule has 2 heterocycles. The van der Waals surface area contributed by atoms with Crippen LogP contribution in [0.2, 0.25) is 0 Å². The van der Waals surface area contributed by atoms with E-state index in [1.807, 2.05) is 6.92 Å². The van der Waals surface area contributed by atoms with Crippen LogP contribution in [-0.2, 0) is 10.0 Å². The minimum Gasteiger partial charge on any atom is -0.291 e. The highest BCUT2D eigenvalue weighted by Crippen LogP contribution is 2.19. The van der Waals surface area contributed by atoms with Crippen LogP contribution in [0.5, 0.6) is 0 Å². The number of aryl methyl sites for hydroxylation is 1. The van der Waals surface area contributed by atoms with Crippen molar-refractivity contribution in [3.8, 4) is 5.82 Å². The zero-order valence-corrected chi connectivity index (χ0v) is 15.2. The van der Waals surface area contributed by atoms with Crippen molar-refractivity contribution in [2.75, 3.05) is 6.54 Å². The van der Waals surface area contributed by atoms with Gasteiger partial charge in [0.05, 0.1) is 10.5 Å². The Kier molecular flexibility index (Phi) is 4.85. The molecule has 134 valence electrons. The average molecular weight is 370 g/mol. The Hall–Kier alpha value is -3.00. The molecule has 8 heteroatoms. The number of carbonyl (C=O) groups is 1. The molecule has 3 rings (SSSR count). The molecule has 0 aliphatic rings. The molecule has 0 aliphatic heterocycles. The maximum atomic E-state index is 12.8. The van der Waals surface area contributed by atoms with Crippen LogP contribution in [0.3, 0.4) is 0 Å². The van der Waals surface area contributed by atoms with Crippen LogP contribution < -0.4 is 0 Å². The van der Waals surface area contributed by atoms with Crippen LogP contribution >= 0.6 is 0 Å². The number of hydrogen-bond acceptors (Lipinski definition) is 5. The zero-order chi connectivity index (χ0) is 18.7. The lowest BCUT2D eigenvalue weighted by Gasteiger charge is -2.21. The molecular formula is C18H18N4O3S. The van der Waals surface area contributed by atoms with Crippen molar-refractivity contribution in [2.24, 2.45) is 0 Å². The lowest BCUT2D eigenvalue weighted by atomic mass is 10.2. The maximum Gasteiger partial charge on any atom is 0.269 e. The molecule has 26 heavy (non-hydrogen) atoms. The number of pyridine rings is 1. The Morgan fingerprint density at radius 1 is 1.15 bits per heavy atom. The van der Waals surface area contributed by atoms with Crippen molar-refractivity contribution < 1.29 is 13.2 Å². The second-order valence-corrected chi connectivity index (χ2v) is 7.53. The predicted octanol–water partition coefficient (Wildman–Crippen LogP) is 2.43. The second-order valence-electron chi connectivity index (χ2n) is 5.66. The van der Waals surface area contributed by atoms with Gasteiger partial charge in [-0.25, -0.2) is 22.7 Å². The molecule has 0 bridgehead atoms. The third-order valence-corrected chi connectivity index (χ3v) is 5.76. The largest absolute Gasteiger partial charge is 0.291 e. The fourth-order valence-electron chi connectivity index (χ4n) is 2.46. The molecule has 0 unspecified atom stereocenters. The van der Waals surface area contributed by atoms with E-state index in [0.29, 0.717) is 5.82 Å². The third-order valence-electron chi connectivity index (χ3n) is 3.89. The van der Waals surface area contributed by atoms with Gasteiger partial charge in [0.1, 0.15) is 12.1 Å². The van der Waals surface area contributed by atoms with E-state index in [4.69, 9.17) is 0 Å². The van der Waals surface area contributed by atoms with Gasteiger partial charge in [0.25, 0.3) is 15.9 Å². The SMILES string of the molecule is CCN(C(=O)c1ccc(-n2ccnc2)nc1)S(=O)(=O)c1ccc(C)cc1. The van der Waals surface area contributed by atoms with E-state index in [1.165, 1.54) is 18.3 Å². The van der Waals surface area contributed by atoms with Crippen molar-refractivity contribution in [3.63, 3.8) is 0 Å². The quantitative estimate of drug-likeness (QED) is 0.689. The van der Waals surface area contributed by atoms with E-state index in [-0.39, 0.29) is 17.0 Å². The Morgan fingerprint density at radius 3 is 2.42 bits per heavy atom. The normalized spacial score (nSPS) is 11.3. The van der Waals surface area contributed by atoms with Gasteiger partial charge >= 0.3 is 0 Å². The van der Waals surface area contributed by atoms with Crippen molar-refractivity contribution in [1.29, 1.82) is 0 Å². The monoisotopic (exact) mass is 370 g/mol. The molecule has 0 atom stereocenters. The highest BCUT2D eigenvalue weighted by Gasteiger charge is 2.28. The molecule has 1 aromatic carbocycles. The summed E-state index contributed by atoms with van der Waals surface area (Å²) in [4.78, 5) is 21.0. The topological polar surface area (TPSA) is 85.2 Å². The standard InChI is InChI=1S/C18H18N4O3S/c1-3-22(26(24,25)16-7-4-14(2)5-8-16)18(23)15-6-9-17(20-12-15)21-11-10-19-13-21/h4-13H,3H2,1-2H3. The summed E-state index contributed by atoms with van der Waals surface area (Å²) in [5, 5.41) is 0. The first-order valence-corrected chi connectivity index (χ1v) is 9.45. The van der Waals surface area contributed by atoms with Crippen LogP contribution in [0.4, 0.5) is 0 Å². The summed E-state index contributed by atoms with van der Waals surface area (Å²) < 4.78 is 28.2. The fraction of sp³-hybridized carbons (Fsp3) is 0.167. The lowest BCUT2D eigenvalue weighted by Crippen LogP contribution is -2.36. The van der Waals surface area contributed by atoms with Gasteiger partial charge in [0.2, 0.25) is 0 Å². The number of sulfonamides is 1. The molecule has 0 fully saturated rings. The minimum atomic E-state index is -3.93. The molecule has 0 aliphatic carbocycles. The van der Waals surface area contributed by atoms with Gasteiger partial charge in [-0.1, -0.05) is 17.7 Å². The van der Waals surface area contributed by atoms with Gasteiger partial charge in [0, 0.05) is 25.1 Å². The lowest BCUT2D eigenvalue weighted by molar-refractivity contribution is 0.0866. The van der Waals surface area contributed by atoms with Crippen LogP contribution in [0, 0.1) is 6.92 Å². The minimum absolute atomic E-state index is 0.0261. The molecule has 0 N–H and O–H groups in total. The first kappa shape index (κ1) is 17.8. The summed E-state index contributed by atoms with van der Waals surface area (Å²) in [5.74, 6) is -0.0266. The van der Waals surface area contributed by atoms with Crippen LogP contribution in [0.1, 0.15) is 22.8 Å². The van der Waals surface area contributed by atoms with Crippen molar-refractivity contribution in [1.82, 2.24) is 18.8 Å². The third kappa shape index (κ3) is 3.36. The number of rotatable bonds is 5. The number of carbonyl (C=O) groups excluding carboxylic acids is 1. The molecule has 7 nitrogen and oxygen atoms in total. The first-order valence-electron chi connectivity index (χ1n) is 8.01. The second kappa shape index (κ2) is 7.09. The fourth-order valence-corrected chi connectivity index (χ4v) is 3.86. The van der Waals surface area contributed by atoms with E-state index in [0.717, 1.165) is 9.87 Å². The first-order chi connectivity index (χ1) is 12.4. The van der Waals surface area contributed by atoms with Gasteiger partial charge in [-0.15, -0.1) is 0 Å². The van der Waals surface area contributed by atoms with Crippen LogP contribution in [-0.4, -0.2) is 39.7 Å².